The number of nitrogen functional groups attached to an aromatic ring is 1. The molecule has 2 aromatic carbocycles. The third-order valence-corrected chi connectivity index (χ3v) is 4.89. The van der Waals surface area contributed by atoms with Crippen molar-refractivity contribution in [1.82, 2.24) is 15.0 Å². The van der Waals surface area contributed by atoms with E-state index < -0.39 is 10.8 Å². The minimum absolute atomic E-state index is 0.0344. The molecule has 0 fully saturated rings. The normalized spacial score (nSPS) is 10.6. The second-order valence-electron chi connectivity index (χ2n) is 6.09. The summed E-state index contributed by atoms with van der Waals surface area (Å²) in [6, 6.07) is 13.2. The Labute approximate surface area is 168 Å². The van der Waals surface area contributed by atoms with E-state index in [1.54, 1.807) is 23.5 Å². The van der Waals surface area contributed by atoms with Gasteiger partial charge in [0.15, 0.2) is 5.69 Å². The van der Waals surface area contributed by atoms with E-state index in [4.69, 9.17) is 5.73 Å². The summed E-state index contributed by atoms with van der Waals surface area (Å²) in [7, 11) is 0. The van der Waals surface area contributed by atoms with Crippen LogP contribution < -0.4 is 11.1 Å². The molecular formula is C19H14N6O3S. The predicted octanol–water partition coefficient (Wildman–Crippen LogP) is 3.74. The van der Waals surface area contributed by atoms with E-state index in [9.17, 15) is 14.9 Å². The van der Waals surface area contributed by atoms with E-state index in [0.717, 1.165) is 11.1 Å². The first-order chi connectivity index (χ1) is 14.0. The van der Waals surface area contributed by atoms with Gasteiger partial charge in [0.1, 0.15) is 0 Å². The lowest BCUT2D eigenvalue weighted by Gasteiger charge is -2.09. The molecule has 0 spiro atoms. The molecule has 4 rings (SSSR count). The highest BCUT2D eigenvalue weighted by atomic mass is 32.1. The zero-order valence-electron chi connectivity index (χ0n) is 14.9. The fourth-order valence-electron chi connectivity index (χ4n) is 2.68. The molecule has 0 radical (unpaired) electrons. The van der Waals surface area contributed by atoms with Gasteiger partial charge in [-0.3, -0.25) is 14.9 Å². The summed E-state index contributed by atoms with van der Waals surface area (Å²) in [6.45, 7) is 0. The Hall–Kier alpha value is -4.05. The molecule has 0 bridgehead atoms. The first-order valence-electron chi connectivity index (χ1n) is 8.42. The number of carbonyl (C=O) groups excluding carboxylic acids is 1. The second-order valence-corrected chi connectivity index (χ2v) is 6.87. The number of benzene rings is 2. The number of nitrogens with zero attached hydrogens (tertiary/aromatic N) is 4. The summed E-state index contributed by atoms with van der Waals surface area (Å²) >= 11 is 1.58. The summed E-state index contributed by atoms with van der Waals surface area (Å²) in [5.41, 5.74) is 9.47. The Bertz CT molecular complexity index is 1190. The molecule has 29 heavy (non-hydrogen) atoms. The van der Waals surface area contributed by atoms with Crippen molar-refractivity contribution in [2.75, 3.05) is 11.1 Å². The first-order valence-corrected chi connectivity index (χ1v) is 9.36. The fraction of sp³-hybridized carbons (Fsp3) is 0. The van der Waals surface area contributed by atoms with Gasteiger partial charge in [-0.15, -0.1) is 5.10 Å². The summed E-state index contributed by atoms with van der Waals surface area (Å²) in [5, 5.41) is 25.3. The fourth-order valence-corrected chi connectivity index (χ4v) is 3.35. The highest BCUT2D eigenvalue weighted by Crippen LogP contribution is 2.29. The third kappa shape index (κ3) is 3.82. The molecule has 10 heteroatoms. The zero-order chi connectivity index (χ0) is 20.4. The number of amides is 1. The molecule has 9 nitrogen and oxygen atoms in total. The molecule has 0 aliphatic rings. The highest BCUT2D eigenvalue weighted by molar-refractivity contribution is 7.08. The number of non-ortho nitro benzene ring substituents is 1. The van der Waals surface area contributed by atoms with Crippen molar-refractivity contribution < 1.29 is 9.72 Å². The van der Waals surface area contributed by atoms with Crippen LogP contribution in [-0.2, 0) is 0 Å². The Morgan fingerprint density at radius 1 is 1.14 bits per heavy atom. The van der Waals surface area contributed by atoms with Crippen molar-refractivity contribution in [3.8, 4) is 16.8 Å². The molecule has 144 valence electrons. The molecular weight excluding hydrogens is 392 g/mol. The van der Waals surface area contributed by atoms with Gasteiger partial charge in [-0.1, -0.05) is 11.3 Å². The van der Waals surface area contributed by atoms with Crippen LogP contribution in [0.2, 0.25) is 0 Å². The molecule has 0 saturated heterocycles. The van der Waals surface area contributed by atoms with Gasteiger partial charge in [0.25, 0.3) is 11.6 Å². The van der Waals surface area contributed by atoms with Crippen LogP contribution in [0, 0.1) is 10.1 Å². The summed E-state index contributed by atoms with van der Waals surface area (Å²) in [4.78, 5) is 22.8. The second kappa shape index (κ2) is 7.52. The Kier molecular flexibility index (Phi) is 4.75. The van der Waals surface area contributed by atoms with Crippen molar-refractivity contribution in [2.45, 2.75) is 0 Å². The highest BCUT2D eigenvalue weighted by Gasteiger charge is 2.14. The number of carbonyl (C=O) groups is 1. The maximum atomic E-state index is 12.6. The van der Waals surface area contributed by atoms with Gasteiger partial charge < -0.3 is 11.1 Å². The maximum absolute atomic E-state index is 12.6. The lowest BCUT2D eigenvalue weighted by Crippen LogP contribution is -2.13. The quantitative estimate of drug-likeness (QED) is 0.295. The molecule has 0 aliphatic carbocycles. The van der Waals surface area contributed by atoms with Crippen LogP contribution >= 0.6 is 11.3 Å². The maximum Gasteiger partial charge on any atom is 0.277 e. The number of anilines is 2. The first kappa shape index (κ1) is 18.3. The minimum atomic E-state index is -0.487. The van der Waals surface area contributed by atoms with E-state index in [1.165, 1.54) is 35.1 Å². The number of aromatic nitrogens is 3. The zero-order valence-corrected chi connectivity index (χ0v) is 15.7. The van der Waals surface area contributed by atoms with Crippen molar-refractivity contribution in [1.29, 1.82) is 0 Å². The SMILES string of the molecule is Nc1ccc(-c2ccsc2)cc1NC(=O)c1cn(-c2ccc([N+](=O)[O-])cc2)nn1. The molecule has 2 heterocycles. The number of nitro groups is 1. The van der Waals surface area contributed by atoms with Crippen LogP contribution in [0.25, 0.3) is 16.8 Å². The van der Waals surface area contributed by atoms with Gasteiger partial charge in [0, 0.05) is 12.1 Å². The van der Waals surface area contributed by atoms with Crippen molar-refractivity contribution in [3.63, 3.8) is 0 Å². The van der Waals surface area contributed by atoms with E-state index in [1.807, 2.05) is 22.9 Å². The van der Waals surface area contributed by atoms with Crippen LogP contribution in [0.3, 0.4) is 0 Å². The largest absolute Gasteiger partial charge is 0.397 e. The minimum Gasteiger partial charge on any atom is -0.397 e. The van der Waals surface area contributed by atoms with E-state index in [-0.39, 0.29) is 11.4 Å². The molecule has 0 aliphatic heterocycles. The topological polar surface area (TPSA) is 129 Å². The number of thiophene rings is 1. The van der Waals surface area contributed by atoms with Crippen molar-refractivity contribution in [2.24, 2.45) is 0 Å². The van der Waals surface area contributed by atoms with Gasteiger partial charge in [-0.25, -0.2) is 4.68 Å². The van der Waals surface area contributed by atoms with Crippen LogP contribution in [0.5, 0.6) is 0 Å². The Morgan fingerprint density at radius 3 is 2.62 bits per heavy atom. The van der Waals surface area contributed by atoms with E-state index in [0.29, 0.717) is 17.1 Å². The molecule has 3 N–H and O–H groups in total. The monoisotopic (exact) mass is 406 g/mol. The average molecular weight is 406 g/mol. The number of rotatable bonds is 5. The molecule has 0 saturated carbocycles. The molecule has 4 aromatic rings. The number of hydrogen-bond donors (Lipinski definition) is 2. The Morgan fingerprint density at radius 2 is 1.93 bits per heavy atom. The lowest BCUT2D eigenvalue weighted by molar-refractivity contribution is -0.384. The molecule has 2 aromatic heterocycles. The van der Waals surface area contributed by atoms with Crippen LogP contribution in [0.4, 0.5) is 17.1 Å². The summed E-state index contributed by atoms with van der Waals surface area (Å²) in [5.74, 6) is -0.465. The van der Waals surface area contributed by atoms with Gasteiger partial charge in [0.05, 0.1) is 28.2 Å². The number of nitrogens with two attached hydrogens (primary N) is 1. The Balaban J connectivity index is 1.54. The smallest absolute Gasteiger partial charge is 0.277 e. The summed E-state index contributed by atoms with van der Waals surface area (Å²) < 4.78 is 1.36. The van der Waals surface area contributed by atoms with Crippen LogP contribution in [0.1, 0.15) is 10.5 Å². The van der Waals surface area contributed by atoms with Crippen molar-refractivity contribution in [3.05, 3.63) is 81.3 Å². The van der Waals surface area contributed by atoms with Gasteiger partial charge in [-0.05, 0) is 52.2 Å². The predicted molar refractivity (Wildman–Crippen MR) is 110 cm³/mol. The van der Waals surface area contributed by atoms with Crippen LogP contribution in [-0.4, -0.2) is 25.8 Å². The summed E-state index contributed by atoms with van der Waals surface area (Å²) in [6.07, 6.45) is 1.44. The number of nitro benzene ring substituents is 1. The van der Waals surface area contributed by atoms with Gasteiger partial charge in [0.2, 0.25) is 0 Å². The lowest BCUT2D eigenvalue weighted by atomic mass is 10.1. The number of hydrogen-bond acceptors (Lipinski definition) is 7. The standard InChI is InChI=1S/C19H14N6O3S/c20-16-6-1-12(13-7-8-29-11-13)9-17(16)21-19(26)18-10-24(23-22-18)14-2-4-15(5-3-14)25(27)28/h1-11H,20H2,(H,21,26). The number of nitrogens with one attached hydrogen (secondary N) is 1. The van der Waals surface area contributed by atoms with Crippen LogP contribution in [0.15, 0.2) is 65.5 Å². The van der Waals surface area contributed by atoms with Crippen molar-refractivity contribution >= 4 is 34.3 Å². The molecule has 0 atom stereocenters. The molecule has 0 unspecified atom stereocenters. The van der Waals surface area contributed by atoms with E-state index >= 15 is 0 Å². The van der Waals surface area contributed by atoms with Gasteiger partial charge >= 0.3 is 0 Å². The van der Waals surface area contributed by atoms with Gasteiger partial charge in [-0.2, -0.15) is 11.3 Å². The van der Waals surface area contributed by atoms with E-state index in [2.05, 4.69) is 15.6 Å². The third-order valence-electron chi connectivity index (χ3n) is 4.21. The molecule has 1 amide bonds. The average Bonchev–Trinajstić information content (AvgIpc) is 3.42.